The summed E-state index contributed by atoms with van der Waals surface area (Å²) in [6.07, 6.45) is 3.28. The minimum absolute atomic E-state index is 0.106. The number of nitrogens with zero attached hydrogens (tertiary/aromatic N) is 3. The number of rotatable bonds is 8. The fourth-order valence-electron chi connectivity index (χ4n) is 2.75. The van der Waals surface area contributed by atoms with Crippen LogP contribution in [-0.2, 0) is 14.3 Å². The van der Waals surface area contributed by atoms with Crippen LogP contribution in [0.15, 0.2) is 12.4 Å². The van der Waals surface area contributed by atoms with Crippen molar-refractivity contribution in [2.45, 2.75) is 39.2 Å². The first-order valence-corrected chi connectivity index (χ1v) is 8.30. The van der Waals surface area contributed by atoms with E-state index in [9.17, 15) is 4.79 Å². The van der Waals surface area contributed by atoms with Crippen LogP contribution in [-0.4, -0.2) is 41.8 Å². The van der Waals surface area contributed by atoms with Gasteiger partial charge in [0.05, 0.1) is 19.6 Å². The topological polar surface area (TPSA) is 97.1 Å². The van der Waals surface area contributed by atoms with Crippen LogP contribution in [0.4, 0.5) is 5.82 Å². The highest BCUT2D eigenvalue weighted by Crippen LogP contribution is 2.19. The molecule has 1 unspecified atom stereocenters. The van der Waals surface area contributed by atoms with E-state index < -0.39 is 0 Å². The molecule has 1 fully saturated rings. The van der Waals surface area contributed by atoms with Gasteiger partial charge >= 0.3 is 5.97 Å². The monoisotopic (exact) mass is 332 g/mol. The molecule has 1 aliphatic rings. The molecule has 0 radical (unpaired) electrons. The van der Waals surface area contributed by atoms with E-state index in [2.05, 4.69) is 29.1 Å². The van der Waals surface area contributed by atoms with Gasteiger partial charge in [-0.1, -0.05) is 13.8 Å². The highest BCUT2D eigenvalue weighted by atomic mass is 16.6. The lowest BCUT2D eigenvalue weighted by Gasteiger charge is -2.20. The SMILES string of the molecule is CC(C)C[C@H](CNc1cc(C#N)ncn1)CC(=O)OC1CCOC1. The summed E-state index contributed by atoms with van der Waals surface area (Å²) < 4.78 is 10.7. The summed E-state index contributed by atoms with van der Waals surface area (Å²) in [5.74, 6) is 1.02. The third-order valence-electron chi connectivity index (χ3n) is 3.80. The Hall–Kier alpha value is -2.20. The van der Waals surface area contributed by atoms with Gasteiger partial charge in [0.25, 0.3) is 0 Å². The molecule has 0 aromatic carbocycles. The summed E-state index contributed by atoms with van der Waals surface area (Å²) in [5.41, 5.74) is 0.313. The maximum atomic E-state index is 12.1. The molecule has 1 saturated heterocycles. The van der Waals surface area contributed by atoms with Gasteiger partial charge in [-0.3, -0.25) is 4.79 Å². The normalized spacial score (nSPS) is 18.2. The maximum absolute atomic E-state index is 12.1. The lowest BCUT2D eigenvalue weighted by molar-refractivity contribution is -0.150. The first kappa shape index (κ1) is 18.1. The molecule has 1 aromatic rings. The third kappa shape index (κ3) is 6.13. The van der Waals surface area contributed by atoms with Crippen LogP contribution in [0, 0.1) is 23.2 Å². The summed E-state index contributed by atoms with van der Waals surface area (Å²) in [6, 6.07) is 3.58. The van der Waals surface area contributed by atoms with E-state index >= 15 is 0 Å². The number of anilines is 1. The van der Waals surface area contributed by atoms with Crippen molar-refractivity contribution in [3.05, 3.63) is 18.1 Å². The quantitative estimate of drug-likeness (QED) is 0.728. The molecule has 2 atom stereocenters. The molecule has 1 aliphatic heterocycles. The molecule has 0 aliphatic carbocycles. The molecule has 0 amide bonds. The molecule has 7 nitrogen and oxygen atoms in total. The van der Waals surface area contributed by atoms with Gasteiger partial charge in [-0.25, -0.2) is 9.97 Å². The Morgan fingerprint density at radius 3 is 3.04 bits per heavy atom. The van der Waals surface area contributed by atoms with Gasteiger partial charge in [-0.2, -0.15) is 5.26 Å². The zero-order valence-corrected chi connectivity index (χ0v) is 14.2. The van der Waals surface area contributed by atoms with Gasteiger partial charge < -0.3 is 14.8 Å². The average molecular weight is 332 g/mol. The van der Waals surface area contributed by atoms with Crippen molar-refractivity contribution >= 4 is 11.8 Å². The minimum Gasteiger partial charge on any atom is -0.460 e. The Labute approximate surface area is 142 Å². The number of nitrogens with one attached hydrogen (secondary N) is 1. The molecule has 7 heteroatoms. The molecular weight excluding hydrogens is 308 g/mol. The molecule has 1 N–H and O–H groups in total. The maximum Gasteiger partial charge on any atom is 0.306 e. The minimum atomic E-state index is -0.182. The van der Waals surface area contributed by atoms with Crippen LogP contribution in [0.25, 0.3) is 0 Å². The number of hydrogen-bond donors (Lipinski definition) is 1. The highest BCUT2D eigenvalue weighted by Gasteiger charge is 2.22. The number of nitriles is 1. The van der Waals surface area contributed by atoms with Crippen molar-refractivity contribution in [3.63, 3.8) is 0 Å². The van der Waals surface area contributed by atoms with Gasteiger partial charge in [-0.15, -0.1) is 0 Å². The standard InChI is InChI=1S/C17H24N4O3/c1-12(2)5-13(6-17(22)24-15-3-4-23-10-15)9-19-16-7-14(8-18)20-11-21-16/h7,11-13,15H,3-6,9-10H2,1-2H3,(H,19,20,21)/t13-,15?/m0/s1. The summed E-state index contributed by atoms with van der Waals surface area (Å²) in [7, 11) is 0. The molecule has 2 rings (SSSR count). The number of esters is 1. The van der Waals surface area contributed by atoms with Crippen molar-refractivity contribution in [1.29, 1.82) is 5.26 Å². The summed E-state index contributed by atoms with van der Waals surface area (Å²) >= 11 is 0. The zero-order chi connectivity index (χ0) is 17.4. The Morgan fingerprint density at radius 2 is 2.38 bits per heavy atom. The molecule has 2 heterocycles. The highest BCUT2D eigenvalue weighted by molar-refractivity contribution is 5.70. The molecule has 0 saturated carbocycles. The largest absolute Gasteiger partial charge is 0.460 e. The fourth-order valence-corrected chi connectivity index (χ4v) is 2.75. The smallest absolute Gasteiger partial charge is 0.306 e. The van der Waals surface area contributed by atoms with Crippen molar-refractivity contribution in [2.24, 2.45) is 11.8 Å². The van der Waals surface area contributed by atoms with E-state index in [1.807, 2.05) is 6.07 Å². The number of aromatic nitrogens is 2. The summed E-state index contributed by atoms with van der Waals surface area (Å²) in [4.78, 5) is 20.1. The molecule has 0 spiro atoms. The number of ether oxygens (including phenoxy) is 2. The van der Waals surface area contributed by atoms with Gasteiger partial charge in [0.15, 0.2) is 0 Å². The Morgan fingerprint density at radius 1 is 1.54 bits per heavy atom. The van der Waals surface area contributed by atoms with E-state index in [-0.39, 0.29) is 18.0 Å². The average Bonchev–Trinajstić information content (AvgIpc) is 3.05. The van der Waals surface area contributed by atoms with Crippen LogP contribution in [0.1, 0.15) is 38.8 Å². The van der Waals surface area contributed by atoms with Gasteiger partial charge in [0, 0.05) is 19.0 Å². The zero-order valence-electron chi connectivity index (χ0n) is 14.2. The predicted molar refractivity (Wildman–Crippen MR) is 88.1 cm³/mol. The van der Waals surface area contributed by atoms with Gasteiger partial charge in [0.2, 0.25) is 0 Å². The summed E-state index contributed by atoms with van der Waals surface area (Å²) in [5, 5.41) is 12.1. The van der Waals surface area contributed by atoms with Crippen LogP contribution in [0.5, 0.6) is 0 Å². The van der Waals surface area contributed by atoms with Crippen LogP contribution in [0.3, 0.4) is 0 Å². The lowest BCUT2D eigenvalue weighted by Crippen LogP contribution is -2.24. The first-order chi connectivity index (χ1) is 11.6. The predicted octanol–water partition coefficient (Wildman–Crippen LogP) is 2.14. The van der Waals surface area contributed by atoms with E-state index in [0.29, 0.717) is 43.6 Å². The summed E-state index contributed by atoms with van der Waals surface area (Å²) in [6.45, 7) is 6.00. The van der Waals surface area contributed by atoms with Crippen LogP contribution in [0.2, 0.25) is 0 Å². The lowest BCUT2D eigenvalue weighted by atomic mass is 9.94. The Kier molecular flexibility index (Phi) is 6.94. The van der Waals surface area contributed by atoms with Gasteiger partial charge in [0.1, 0.15) is 30.0 Å². The van der Waals surface area contributed by atoms with E-state index in [1.165, 1.54) is 6.33 Å². The first-order valence-electron chi connectivity index (χ1n) is 8.30. The second kappa shape index (κ2) is 9.18. The molecule has 1 aromatic heterocycles. The van der Waals surface area contributed by atoms with Crippen LogP contribution < -0.4 is 5.32 Å². The van der Waals surface area contributed by atoms with Crippen molar-refractivity contribution in [2.75, 3.05) is 25.1 Å². The Bertz CT molecular complexity index is 579. The van der Waals surface area contributed by atoms with Crippen molar-refractivity contribution in [3.8, 4) is 6.07 Å². The van der Waals surface area contributed by atoms with Crippen molar-refractivity contribution < 1.29 is 14.3 Å². The number of hydrogen-bond acceptors (Lipinski definition) is 7. The van der Waals surface area contributed by atoms with Crippen LogP contribution >= 0.6 is 0 Å². The molecular formula is C17H24N4O3. The number of carbonyl (C=O) groups excluding carboxylic acids is 1. The fraction of sp³-hybridized carbons (Fsp3) is 0.647. The Balaban J connectivity index is 1.87. The molecule has 24 heavy (non-hydrogen) atoms. The molecule has 130 valence electrons. The van der Waals surface area contributed by atoms with E-state index in [4.69, 9.17) is 14.7 Å². The molecule has 0 bridgehead atoms. The van der Waals surface area contributed by atoms with E-state index in [1.54, 1.807) is 6.07 Å². The number of carbonyl (C=O) groups is 1. The second-order valence-corrected chi connectivity index (χ2v) is 6.46. The second-order valence-electron chi connectivity index (χ2n) is 6.46. The van der Waals surface area contributed by atoms with E-state index in [0.717, 1.165) is 12.8 Å². The van der Waals surface area contributed by atoms with Crippen molar-refractivity contribution in [1.82, 2.24) is 9.97 Å². The third-order valence-corrected chi connectivity index (χ3v) is 3.80. The van der Waals surface area contributed by atoms with Gasteiger partial charge in [-0.05, 0) is 18.3 Å².